The molecule has 2 aromatic rings. The van der Waals surface area contributed by atoms with E-state index in [1.54, 1.807) is 42.9 Å². The van der Waals surface area contributed by atoms with Crippen molar-refractivity contribution >= 4 is 17.7 Å². The summed E-state index contributed by atoms with van der Waals surface area (Å²) in [4.78, 5) is 32.2. The SMILES string of the molecule is CCOC(=O)C(Cc1cn2cccnc2n1)C(=O)OCC. The molecule has 0 radical (unpaired) electrons. The quantitative estimate of drug-likeness (QED) is 0.583. The lowest BCUT2D eigenvalue weighted by Gasteiger charge is -2.12. The van der Waals surface area contributed by atoms with Crippen LogP contribution < -0.4 is 0 Å². The van der Waals surface area contributed by atoms with Crippen LogP contribution in [0.3, 0.4) is 0 Å². The molecule has 0 atom stereocenters. The molecular formula is C14H17N3O4. The lowest BCUT2D eigenvalue weighted by atomic mass is 10.0. The van der Waals surface area contributed by atoms with Crippen LogP contribution in [0.2, 0.25) is 0 Å². The van der Waals surface area contributed by atoms with E-state index in [1.807, 2.05) is 0 Å². The zero-order valence-electron chi connectivity index (χ0n) is 12.0. The summed E-state index contributed by atoms with van der Waals surface area (Å²) in [5.41, 5.74) is 0.583. The van der Waals surface area contributed by atoms with Gasteiger partial charge in [-0.05, 0) is 19.9 Å². The van der Waals surface area contributed by atoms with E-state index in [-0.39, 0.29) is 19.6 Å². The van der Waals surface area contributed by atoms with Gasteiger partial charge in [0.25, 0.3) is 0 Å². The highest BCUT2D eigenvalue weighted by Gasteiger charge is 2.30. The zero-order valence-corrected chi connectivity index (χ0v) is 12.0. The van der Waals surface area contributed by atoms with E-state index in [2.05, 4.69) is 9.97 Å². The van der Waals surface area contributed by atoms with Crippen molar-refractivity contribution in [3.8, 4) is 0 Å². The van der Waals surface area contributed by atoms with Crippen molar-refractivity contribution in [1.29, 1.82) is 0 Å². The molecule has 0 aromatic carbocycles. The number of esters is 2. The second-order valence-electron chi connectivity index (χ2n) is 4.32. The second-order valence-corrected chi connectivity index (χ2v) is 4.32. The number of fused-ring (bicyclic) bond motifs is 1. The first-order chi connectivity index (χ1) is 10.2. The molecule has 2 rings (SSSR count). The molecule has 21 heavy (non-hydrogen) atoms. The average molecular weight is 291 g/mol. The molecule has 2 heterocycles. The van der Waals surface area contributed by atoms with Crippen LogP contribution >= 0.6 is 0 Å². The fraction of sp³-hybridized carbons (Fsp3) is 0.429. The highest BCUT2D eigenvalue weighted by atomic mass is 16.6. The Labute approximate surface area is 121 Å². The maximum atomic E-state index is 11.9. The molecule has 0 fully saturated rings. The molecule has 0 saturated heterocycles. The second kappa shape index (κ2) is 6.83. The molecule has 0 N–H and O–H groups in total. The van der Waals surface area contributed by atoms with Crippen molar-refractivity contribution in [2.45, 2.75) is 20.3 Å². The van der Waals surface area contributed by atoms with Crippen molar-refractivity contribution in [1.82, 2.24) is 14.4 Å². The molecule has 7 nitrogen and oxygen atoms in total. The molecule has 112 valence electrons. The molecule has 0 aliphatic heterocycles. The molecule has 2 aromatic heterocycles. The molecular weight excluding hydrogens is 274 g/mol. The third-order valence-corrected chi connectivity index (χ3v) is 2.84. The summed E-state index contributed by atoms with van der Waals surface area (Å²) < 4.78 is 11.6. The number of rotatable bonds is 6. The van der Waals surface area contributed by atoms with E-state index in [9.17, 15) is 9.59 Å². The molecule has 0 unspecified atom stereocenters. The normalized spacial score (nSPS) is 10.8. The van der Waals surface area contributed by atoms with Gasteiger partial charge in [-0.1, -0.05) is 0 Å². The minimum atomic E-state index is -1.00. The maximum Gasteiger partial charge on any atom is 0.320 e. The van der Waals surface area contributed by atoms with Crippen molar-refractivity contribution in [2.75, 3.05) is 13.2 Å². The van der Waals surface area contributed by atoms with Crippen LogP contribution in [0.25, 0.3) is 5.78 Å². The first-order valence-corrected chi connectivity index (χ1v) is 6.77. The Hall–Kier alpha value is -2.44. The van der Waals surface area contributed by atoms with Crippen LogP contribution in [-0.4, -0.2) is 39.5 Å². The Morgan fingerprint density at radius 2 is 1.90 bits per heavy atom. The van der Waals surface area contributed by atoms with Gasteiger partial charge >= 0.3 is 11.9 Å². The number of carbonyl (C=O) groups excluding carboxylic acids is 2. The predicted molar refractivity (Wildman–Crippen MR) is 73.4 cm³/mol. The Balaban J connectivity index is 2.20. The Kier molecular flexibility index (Phi) is 4.86. The lowest BCUT2D eigenvalue weighted by Crippen LogP contribution is -2.30. The van der Waals surface area contributed by atoms with Crippen LogP contribution in [0.15, 0.2) is 24.7 Å². The topological polar surface area (TPSA) is 82.8 Å². The van der Waals surface area contributed by atoms with E-state index in [4.69, 9.17) is 9.47 Å². The van der Waals surface area contributed by atoms with Gasteiger partial charge in [-0.3, -0.25) is 14.0 Å². The van der Waals surface area contributed by atoms with Crippen LogP contribution in [0, 0.1) is 5.92 Å². The summed E-state index contributed by atoms with van der Waals surface area (Å²) in [6.07, 6.45) is 5.28. The fourth-order valence-corrected chi connectivity index (χ4v) is 1.94. The van der Waals surface area contributed by atoms with Crippen LogP contribution in [0.1, 0.15) is 19.5 Å². The molecule has 0 saturated carbocycles. The van der Waals surface area contributed by atoms with Gasteiger partial charge in [0.2, 0.25) is 5.78 Å². The Morgan fingerprint density at radius 1 is 1.24 bits per heavy atom. The average Bonchev–Trinajstić information content (AvgIpc) is 2.87. The zero-order chi connectivity index (χ0) is 15.2. The Morgan fingerprint density at radius 3 is 2.48 bits per heavy atom. The largest absolute Gasteiger partial charge is 0.465 e. The lowest BCUT2D eigenvalue weighted by molar-refractivity contribution is -0.161. The van der Waals surface area contributed by atoms with Gasteiger partial charge < -0.3 is 9.47 Å². The number of imidazole rings is 1. The predicted octanol–water partition coefficient (Wildman–Crippen LogP) is 1.01. The minimum absolute atomic E-state index is 0.126. The van der Waals surface area contributed by atoms with Gasteiger partial charge in [-0.2, -0.15) is 0 Å². The van der Waals surface area contributed by atoms with Crippen molar-refractivity contribution in [2.24, 2.45) is 5.92 Å². The first kappa shape index (κ1) is 15.0. The summed E-state index contributed by atoms with van der Waals surface area (Å²) in [7, 11) is 0. The fourth-order valence-electron chi connectivity index (χ4n) is 1.94. The standard InChI is InChI=1S/C14H17N3O4/c1-3-20-12(18)11(13(19)21-4-2)8-10-9-17-7-5-6-15-14(17)16-10/h5-7,9,11H,3-4,8H2,1-2H3. The van der Waals surface area contributed by atoms with Gasteiger partial charge in [0.1, 0.15) is 0 Å². The van der Waals surface area contributed by atoms with Gasteiger partial charge in [-0.25, -0.2) is 9.97 Å². The van der Waals surface area contributed by atoms with Gasteiger partial charge in [-0.15, -0.1) is 0 Å². The molecule has 0 aliphatic carbocycles. The minimum Gasteiger partial charge on any atom is -0.465 e. The highest BCUT2D eigenvalue weighted by molar-refractivity contribution is 5.95. The molecule has 0 spiro atoms. The third-order valence-electron chi connectivity index (χ3n) is 2.84. The number of nitrogens with zero attached hydrogens (tertiary/aromatic N) is 3. The van der Waals surface area contributed by atoms with E-state index in [0.717, 1.165) is 0 Å². The number of hydrogen-bond donors (Lipinski definition) is 0. The number of carbonyl (C=O) groups is 2. The highest BCUT2D eigenvalue weighted by Crippen LogP contribution is 2.13. The van der Waals surface area contributed by atoms with E-state index in [1.165, 1.54) is 0 Å². The van der Waals surface area contributed by atoms with Gasteiger partial charge in [0, 0.05) is 25.0 Å². The number of hydrogen-bond acceptors (Lipinski definition) is 6. The monoisotopic (exact) mass is 291 g/mol. The first-order valence-electron chi connectivity index (χ1n) is 6.77. The summed E-state index contributed by atoms with van der Waals surface area (Å²) >= 11 is 0. The number of ether oxygens (including phenoxy) is 2. The molecule has 7 heteroatoms. The molecule has 0 bridgehead atoms. The molecule has 0 amide bonds. The molecule has 0 aliphatic rings. The summed E-state index contributed by atoms with van der Waals surface area (Å²) in [5, 5.41) is 0. The van der Waals surface area contributed by atoms with E-state index < -0.39 is 17.9 Å². The van der Waals surface area contributed by atoms with Crippen LogP contribution in [-0.2, 0) is 25.5 Å². The Bertz CT molecular complexity index is 587. The van der Waals surface area contributed by atoms with E-state index in [0.29, 0.717) is 11.5 Å². The third kappa shape index (κ3) is 3.56. The number of aromatic nitrogens is 3. The summed E-state index contributed by atoms with van der Waals surface area (Å²) in [6, 6.07) is 1.77. The summed E-state index contributed by atoms with van der Waals surface area (Å²) in [5.74, 6) is -1.68. The smallest absolute Gasteiger partial charge is 0.320 e. The van der Waals surface area contributed by atoms with Gasteiger partial charge in [0.15, 0.2) is 5.92 Å². The maximum absolute atomic E-state index is 11.9. The van der Waals surface area contributed by atoms with Crippen LogP contribution in [0.5, 0.6) is 0 Å². The van der Waals surface area contributed by atoms with Crippen molar-refractivity contribution in [3.05, 3.63) is 30.4 Å². The van der Waals surface area contributed by atoms with Crippen molar-refractivity contribution in [3.63, 3.8) is 0 Å². The van der Waals surface area contributed by atoms with E-state index >= 15 is 0 Å². The summed E-state index contributed by atoms with van der Waals surface area (Å²) in [6.45, 7) is 3.80. The van der Waals surface area contributed by atoms with Gasteiger partial charge in [0.05, 0.1) is 18.9 Å². The van der Waals surface area contributed by atoms with Crippen molar-refractivity contribution < 1.29 is 19.1 Å². The van der Waals surface area contributed by atoms with Crippen LogP contribution in [0.4, 0.5) is 0 Å².